The molecule has 0 aromatic heterocycles. The number of carbonyl (C=O) groups excluding carboxylic acids is 1. The monoisotopic (exact) mass is 362 g/mol. The molecule has 0 aliphatic heterocycles. The van der Waals surface area contributed by atoms with Crippen molar-refractivity contribution in [1.82, 2.24) is 0 Å². The van der Waals surface area contributed by atoms with Crippen LogP contribution in [0.1, 0.15) is 21.5 Å². The van der Waals surface area contributed by atoms with E-state index in [4.69, 9.17) is 9.47 Å². The molecule has 0 bridgehead atoms. The first kappa shape index (κ1) is 17.7. The zero-order valence-corrected chi connectivity index (χ0v) is 14.1. The number of alkyl halides is 2. The number of rotatable bonds is 5. The van der Waals surface area contributed by atoms with E-state index in [1.165, 1.54) is 32.4 Å². The van der Waals surface area contributed by atoms with E-state index < -0.39 is 6.61 Å². The molecule has 5 nitrogen and oxygen atoms in total. The van der Waals surface area contributed by atoms with Crippen LogP contribution in [-0.4, -0.2) is 31.7 Å². The second kappa shape index (κ2) is 7.03. The summed E-state index contributed by atoms with van der Waals surface area (Å²) in [5.41, 5.74) is 2.01. The number of Topliss-reactive ketones (excluding diaryl/α,β-unsaturated/α-hetero) is 1. The average molecular weight is 362 g/mol. The van der Waals surface area contributed by atoms with Gasteiger partial charge in [0.15, 0.2) is 17.3 Å². The number of carbonyl (C=O) groups is 1. The lowest BCUT2D eigenvalue weighted by Gasteiger charge is -2.14. The molecule has 0 heterocycles. The number of aromatic hydroxyl groups is 1. The Morgan fingerprint density at radius 3 is 2.35 bits per heavy atom. The summed E-state index contributed by atoms with van der Waals surface area (Å²) in [5.74, 6) is -0.229. The minimum absolute atomic E-state index is 0.0577. The molecule has 0 amide bonds. The minimum atomic E-state index is -3.03. The summed E-state index contributed by atoms with van der Waals surface area (Å²) < 4.78 is 39.9. The maximum absolute atomic E-state index is 12.6. The van der Waals surface area contributed by atoms with Crippen LogP contribution in [-0.2, 0) is 6.42 Å². The molecule has 0 atom stereocenters. The third kappa shape index (κ3) is 3.20. The van der Waals surface area contributed by atoms with Crippen molar-refractivity contribution in [2.24, 2.45) is 0 Å². The molecule has 0 unspecified atom stereocenters. The van der Waals surface area contributed by atoms with Gasteiger partial charge in [0.1, 0.15) is 5.75 Å². The van der Waals surface area contributed by atoms with Crippen molar-refractivity contribution in [3.05, 3.63) is 52.6 Å². The lowest BCUT2D eigenvalue weighted by molar-refractivity contribution is -0.0526. The standard InChI is InChI=1S/C19H16F2O5/c1-24-15-7-10(8-16(25-2)18(15)26-19(20)21)6-11-9-13-12(17(11)23)4-3-5-14(13)22/h3-8,19,22H,9H2,1-2H3/b11-6+. The Bertz CT molecular complexity index is 864. The Hall–Kier alpha value is -3.09. The second-order valence-electron chi connectivity index (χ2n) is 5.61. The molecule has 0 saturated heterocycles. The van der Waals surface area contributed by atoms with E-state index >= 15 is 0 Å². The highest BCUT2D eigenvalue weighted by atomic mass is 19.3. The normalized spacial score (nSPS) is 14.7. The highest BCUT2D eigenvalue weighted by Crippen LogP contribution is 2.41. The number of hydrogen-bond donors (Lipinski definition) is 1. The van der Waals surface area contributed by atoms with Crippen LogP contribution in [0, 0.1) is 0 Å². The Morgan fingerprint density at radius 1 is 1.15 bits per heavy atom. The van der Waals surface area contributed by atoms with Gasteiger partial charge in [-0.15, -0.1) is 0 Å². The Labute approximate surface area is 148 Å². The van der Waals surface area contributed by atoms with E-state index in [0.29, 0.717) is 22.3 Å². The number of halogens is 2. The van der Waals surface area contributed by atoms with Crippen LogP contribution < -0.4 is 14.2 Å². The SMILES string of the molecule is COc1cc(/C=C2\Cc3c(O)cccc3C2=O)cc(OC)c1OC(F)F. The second-order valence-corrected chi connectivity index (χ2v) is 5.61. The summed E-state index contributed by atoms with van der Waals surface area (Å²) in [5, 5.41) is 9.91. The van der Waals surface area contributed by atoms with Gasteiger partial charge in [-0.3, -0.25) is 4.79 Å². The van der Waals surface area contributed by atoms with Crippen molar-refractivity contribution in [2.45, 2.75) is 13.0 Å². The van der Waals surface area contributed by atoms with Gasteiger partial charge < -0.3 is 19.3 Å². The Morgan fingerprint density at radius 2 is 1.81 bits per heavy atom. The fraction of sp³-hybridized carbons (Fsp3) is 0.211. The summed E-state index contributed by atoms with van der Waals surface area (Å²) in [7, 11) is 2.64. The number of ether oxygens (including phenoxy) is 3. The number of allylic oxidation sites excluding steroid dienone is 1. The summed E-state index contributed by atoms with van der Waals surface area (Å²) >= 11 is 0. The number of phenolic OH excluding ortho intramolecular Hbond substituents is 1. The van der Waals surface area contributed by atoms with E-state index in [1.807, 2.05) is 0 Å². The molecule has 0 spiro atoms. The van der Waals surface area contributed by atoms with Crippen molar-refractivity contribution in [3.63, 3.8) is 0 Å². The predicted octanol–water partition coefficient (Wildman–Crippen LogP) is 3.83. The smallest absolute Gasteiger partial charge is 0.387 e. The first-order chi connectivity index (χ1) is 12.4. The molecule has 7 heteroatoms. The van der Waals surface area contributed by atoms with Gasteiger partial charge in [0, 0.05) is 23.1 Å². The average Bonchev–Trinajstić information content (AvgIpc) is 2.93. The number of fused-ring (bicyclic) bond motifs is 1. The maximum Gasteiger partial charge on any atom is 0.387 e. The molecule has 0 radical (unpaired) electrons. The fourth-order valence-corrected chi connectivity index (χ4v) is 2.92. The molecule has 2 aromatic rings. The molecular formula is C19H16F2O5. The molecule has 0 fully saturated rings. The van der Waals surface area contributed by atoms with Gasteiger partial charge in [-0.1, -0.05) is 12.1 Å². The van der Waals surface area contributed by atoms with E-state index in [-0.39, 0.29) is 35.2 Å². The summed E-state index contributed by atoms with van der Waals surface area (Å²) in [4.78, 5) is 12.5. The summed E-state index contributed by atoms with van der Waals surface area (Å²) in [6.45, 7) is -3.03. The van der Waals surface area contributed by atoms with Crippen LogP contribution in [0.3, 0.4) is 0 Å². The molecule has 1 aliphatic carbocycles. The number of ketones is 1. The first-order valence-electron chi connectivity index (χ1n) is 7.71. The third-order valence-corrected chi connectivity index (χ3v) is 4.09. The summed E-state index contributed by atoms with van der Waals surface area (Å²) in [6, 6.07) is 7.74. The Balaban J connectivity index is 2.02. The first-order valence-corrected chi connectivity index (χ1v) is 7.71. The lowest BCUT2D eigenvalue weighted by atomic mass is 10.1. The highest BCUT2D eigenvalue weighted by Gasteiger charge is 2.27. The zero-order valence-electron chi connectivity index (χ0n) is 14.1. The number of benzene rings is 2. The quantitative estimate of drug-likeness (QED) is 0.819. The van der Waals surface area contributed by atoms with Crippen LogP contribution in [0.5, 0.6) is 23.0 Å². The molecular weight excluding hydrogens is 346 g/mol. The highest BCUT2D eigenvalue weighted by molar-refractivity contribution is 6.16. The minimum Gasteiger partial charge on any atom is -0.508 e. The topological polar surface area (TPSA) is 65.0 Å². The molecule has 1 N–H and O–H groups in total. The summed E-state index contributed by atoms with van der Waals surface area (Å²) in [6.07, 6.45) is 1.89. The fourth-order valence-electron chi connectivity index (χ4n) is 2.92. The molecule has 2 aromatic carbocycles. The largest absolute Gasteiger partial charge is 0.508 e. The van der Waals surface area contributed by atoms with E-state index in [0.717, 1.165) is 0 Å². The molecule has 26 heavy (non-hydrogen) atoms. The van der Waals surface area contributed by atoms with E-state index in [9.17, 15) is 18.7 Å². The van der Waals surface area contributed by atoms with Gasteiger partial charge in [-0.25, -0.2) is 0 Å². The number of methoxy groups -OCH3 is 2. The Kier molecular flexibility index (Phi) is 4.79. The van der Waals surface area contributed by atoms with Gasteiger partial charge in [-0.2, -0.15) is 8.78 Å². The van der Waals surface area contributed by atoms with Crippen LogP contribution in [0.15, 0.2) is 35.9 Å². The van der Waals surface area contributed by atoms with Crippen LogP contribution in [0.25, 0.3) is 6.08 Å². The molecule has 0 saturated carbocycles. The van der Waals surface area contributed by atoms with Gasteiger partial charge in [-0.05, 0) is 29.8 Å². The predicted molar refractivity (Wildman–Crippen MR) is 90.3 cm³/mol. The molecule has 136 valence electrons. The zero-order chi connectivity index (χ0) is 18.8. The molecule has 3 rings (SSSR count). The van der Waals surface area contributed by atoms with Crippen molar-refractivity contribution in [2.75, 3.05) is 14.2 Å². The number of hydrogen-bond acceptors (Lipinski definition) is 5. The van der Waals surface area contributed by atoms with Crippen molar-refractivity contribution < 1.29 is 32.9 Å². The van der Waals surface area contributed by atoms with Crippen LogP contribution >= 0.6 is 0 Å². The van der Waals surface area contributed by atoms with Gasteiger partial charge in [0.25, 0.3) is 0 Å². The maximum atomic E-state index is 12.6. The van der Waals surface area contributed by atoms with Crippen molar-refractivity contribution in [3.8, 4) is 23.0 Å². The van der Waals surface area contributed by atoms with Gasteiger partial charge in [0.05, 0.1) is 14.2 Å². The van der Waals surface area contributed by atoms with Crippen LogP contribution in [0.4, 0.5) is 8.78 Å². The van der Waals surface area contributed by atoms with Crippen molar-refractivity contribution in [1.29, 1.82) is 0 Å². The van der Waals surface area contributed by atoms with E-state index in [2.05, 4.69) is 4.74 Å². The lowest BCUT2D eigenvalue weighted by Crippen LogP contribution is -2.05. The third-order valence-electron chi connectivity index (χ3n) is 4.09. The molecule has 1 aliphatic rings. The van der Waals surface area contributed by atoms with Crippen molar-refractivity contribution >= 4 is 11.9 Å². The van der Waals surface area contributed by atoms with Gasteiger partial charge in [0.2, 0.25) is 5.75 Å². The van der Waals surface area contributed by atoms with Gasteiger partial charge >= 0.3 is 6.61 Å². The van der Waals surface area contributed by atoms with E-state index in [1.54, 1.807) is 18.2 Å². The van der Waals surface area contributed by atoms with Crippen LogP contribution in [0.2, 0.25) is 0 Å². The number of phenols is 1.